The van der Waals surface area contributed by atoms with Gasteiger partial charge < -0.3 is 5.32 Å². The number of rotatable bonds is 4. The molecule has 2 aromatic carbocycles. The first-order valence-electron chi connectivity index (χ1n) is 8.76. The van der Waals surface area contributed by atoms with Gasteiger partial charge in [-0.25, -0.2) is 9.67 Å². The molecule has 0 unspecified atom stereocenters. The summed E-state index contributed by atoms with van der Waals surface area (Å²) >= 11 is 0. The fraction of sp³-hybridized carbons (Fsp3) is 0.0952. The monoisotopic (exact) mass is 396 g/mol. The highest BCUT2D eigenvalue weighted by molar-refractivity contribution is 5.94. The number of nitrogens with zero attached hydrogens (tertiary/aromatic N) is 3. The van der Waals surface area contributed by atoms with E-state index in [-0.39, 0.29) is 12.5 Å². The molecule has 0 bridgehead atoms. The van der Waals surface area contributed by atoms with Crippen molar-refractivity contribution in [1.82, 2.24) is 20.1 Å². The number of nitrogens with one attached hydrogen (secondary N) is 1. The van der Waals surface area contributed by atoms with Crippen LogP contribution in [0.3, 0.4) is 0 Å². The molecule has 0 atom stereocenters. The topological polar surface area (TPSA) is 59.8 Å². The zero-order valence-corrected chi connectivity index (χ0v) is 15.0. The zero-order chi connectivity index (χ0) is 20.4. The van der Waals surface area contributed by atoms with E-state index in [0.717, 1.165) is 27.2 Å². The van der Waals surface area contributed by atoms with Gasteiger partial charge in [0, 0.05) is 18.1 Å². The largest absolute Gasteiger partial charge is 0.435 e. The first kappa shape index (κ1) is 18.7. The molecular weight excluding hydrogens is 381 g/mol. The number of pyridine rings is 1. The number of hydrogen-bond donors (Lipinski definition) is 1. The van der Waals surface area contributed by atoms with Crippen LogP contribution < -0.4 is 5.32 Å². The molecule has 8 heteroatoms. The Hall–Kier alpha value is -3.68. The maximum atomic E-state index is 12.7. The summed E-state index contributed by atoms with van der Waals surface area (Å²) in [5.41, 5.74) is 1.40. The van der Waals surface area contributed by atoms with Crippen LogP contribution in [0.15, 0.2) is 72.9 Å². The number of carbonyl (C=O) groups is 1. The van der Waals surface area contributed by atoms with Crippen molar-refractivity contribution in [3.8, 4) is 5.69 Å². The summed E-state index contributed by atoms with van der Waals surface area (Å²) in [5.74, 6) is -0.304. The van der Waals surface area contributed by atoms with E-state index < -0.39 is 11.9 Å². The Bertz CT molecular complexity index is 1170. The Morgan fingerprint density at radius 3 is 2.45 bits per heavy atom. The first-order chi connectivity index (χ1) is 13.9. The van der Waals surface area contributed by atoms with Gasteiger partial charge in [0.15, 0.2) is 5.69 Å². The molecular formula is C21H15F3N4O. The van der Waals surface area contributed by atoms with Gasteiger partial charge in [0.05, 0.1) is 11.2 Å². The number of alkyl halides is 3. The van der Waals surface area contributed by atoms with Crippen molar-refractivity contribution in [2.75, 3.05) is 0 Å². The number of carbonyl (C=O) groups excluding carboxylic acids is 1. The minimum absolute atomic E-state index is 0.264. The van der Waals surface area contributed by atoms with Gasteiger partial charge in [0.2, 0.25) is 0 Å². The maximum Gasteiger partial charge on any atom is 0.435 e. The predicted molar refractivity (Wildman–Crippen MR) is 101 cm³/mol. The Kier molecular flexibility index (Phi) is 4.75. The Morgan fingerprint density at radius 2 is 1.72 bits per heavy atom. The lowest BCUT2D eigenvalue weighted by molar-refractivity contribution is -0.141. The molecule has 2 heterocycles. The highest BCUT2D eigenvalue weighted by Crippen LogP contribution is 2.27. The van der Waals surface area contributed by atoms with Crippen LogP contribution in [0.2, 0.25) is 0 Å². The molecule has 4 rings (SSSR count). The molecule has 0 saturated heterocycles. The Labute approximate surface area is 163 Å². The number of benzene rings is 2. The summed E-state index contributed by atoms with van der Waals surface area (Å²) in [5, 5.41) is 7.28. The first-order valence-corrected chi connectivity index (χ1v) is 8.76. The number of aromatic nitrogens is 3. The van der Waals surface area contributed by atoms with Crippen LogP contribution in [0.25, 0.3) is 16.6 Å². The van der Waals surface area contributed by atoms with Crippen LogP contribution in [0.5, 0.6) is 0 Å². The van der Waals surface area contributed by atoms with Gasteiger partial charge in [-0.15, -0.1) is 0 Å². The van der Waals surface area contributed by atoms with Gasteiger partial charge >= 0.3 is 6.18 Å². The smallest absolute Gasteiger partial charge is 0.347 e. The van der Waals surface area contributed by atoms with Crippen molar-refractivity contribution < 1.29 is 18.0 Å². The van der Waals surface area contributed by atoms with Crippen LogP contribution in [0.1, 0.15) is 21.7 Å². The molecule has 0 aliphatic rings. The minimum Gasteiger partial charge on any atom is -0.347 e. The number of fused-ring (bicyclic) bond motifs is 1. The average molecular weight is 396 g/mol. The van der Waals surface area contributed by atoms with E-state index in [1.807, 2.05) is 30.3 Å². The molecule has 4 aromatic rings. The molecule has 1 amide bonds. The van der Waals surface area contributed by atoms with Gasteiger partial charge in [0.25, 0.3) is 5.91 Å². The third-order valence-corrected chi connectivity index (χ3v) is 4.36. The van der Waals surface area contributed by atoms with E-state index in [9.17, 15) is 18.0 Å². The van der Waals surface area contributed by atoms with Crippen molar-refractivity contribution in [2.45, 2.75) is 12.7 Å². The molecule has 146 valence electrons. The summed E-state index contributed by atoms with van der Waals surface area (Å²) in [6.45, 7) is 0.264. The third kappa shape index (κ3) is 4.11. The number of para-hydroxylation sites is 1. The lowest BCUT2D eigenvalue weighted by atomic mass is 10.2. The van der Waals surface area contributed by atoms with Gasteiger partial charge in [-0.3, -0.25) is 4.79 Å². The fourth-order valence-corrected chi connectivity index (χ4v) is 2.85. The van der Waals surface area contributed by atoms with Crippen LogP contribution in [0, 0.1) is 0 Å². The number of hydrogen-bond acceptors (Lipinski definition) is 3. The lowest BCUT2D eigenvalue weighted by Gasteiger charge is -2.07. The molecule has 0 aliphatic heterocycles. The Balaban J connectivity index is 1.42. The summed E-state index contributed by atoms with van der Waals surface area (Å²) in [6.07, 6.45) is -3.22. The number of amides is 1. The Morgan fingerprint density at radius 1 is 0.966 bits per heavy atom. The van der Waals surface area contributed by atoms with E-state index in [0.29, 0.717) is 11.4 Å². The molecule has 0 aliphatic carbocycles. The van der Waals surface area contributed by atoms with Crippen LogP contribution in [-0.4, -0.2) is 20.7 Å². The molecule has 5 nitrogen and oxygen atoms in total. The fourth-order valence-electron chi connectivity index (χ4n) is 2.85. The normalized spacial score (nSPS) is 11.6. The molecule has 0 radical (unpaired) electrons. The summed E-state index contributed by atoms with van der Waals surface area (Å²) < 4.78 is 39.1. The van der Waals surface area contributed by atoms with Crippen molar-refractivity contribution in [2.24, 2.45) is 0 Å². The standard InChI is InChI=1S/C21H15F3N4O/c22-21(23,24)19-11-12-28(27-19)16-8-5-14(6-9-16)13-25-20(29)18-10-7-15-3-1-2-4-17(15)26-18/h1-12H,13H2,(H,25,29). The van der Waals surface area contributed by atoms with Gasteiger partial charge in [-0.2, -0.15) is 18.3 Å². The van der Waals surface area contributed by atoms with E-state index >= 15 is 0 Å². The van der Waals surface area contributed by atoms with E-state index in [2.05, 4.69) is 15.4 Å². The van der Waals surface area contributed by atoms with Crippen LogP contribution in [-0.2, 0) is 12.7 Å². The minimum atomic E-state index is -4.48. The number of halogens is 3. The molecule has 29 heavy (non-hydrogen) atoms. The predicted octanol–water partition coefficient (Wildman–Crippen LogP) is 4.37. The van der Waals surface area contributed by atoms with E-state index in [4.69, 9.17) is 0 Å². The molecule has 0 saturated carbocycles. The molecule has 1 N–H and O–H groups in total. The van der Waals surface area contributed by atoms with Gasteiger partial charge in [-0.1, -0.05) is 36.4 Å². The zero-order valence-electron chi connectivity index (χ0n) is 15.0. The summed E-state index contributed by atoms with van der Waals surface area (Å²) in [4.78, 5) is 16.7. The third-order valence-electron chi connectivity index (χ3n) is 4.36. The molecule has 0 spiro atoms. The SMILES string of the molecule is O=C(NCc1ccc(-n2ccc(C(F)(F)F)n2)cc1)c1ccc2ccccc2n1. The quantitative estimate of drug-likeness (QED) is 0.557. The molecule has 2 aromatic heterocycles. The van der Waals surface area contributed by atoms with Gasteiger partial charge in [0.1, 0.15) is 5.69 Å². The molecule has 0 fully saturated rings. The van der Waals surface area contributed by atoms with Crippen molar-refractivity contribution >= 4 is 16.8 Å². The lowest BCUT2D eigenvalue weighted by Crippen LogP contribution is -2.23. The highest BCUT2D eigenvalue weighted by Gasteiger charge is 2.33. The van der Waals surface area contributed by atoms with Crippen molar-refractivity contribution in [3.05, 3.63) is 89.9 Å². The highest BCUT2D eigenvalue weighted by atomic mass is 19.4. The van der Waals surface area contributed by atoms with Gasteiger partial charge in [-0.05, 0) is 35.9 Å². The second kappa shape index (κ2) is 7.38. The second-order valence-corrected chi connectivity index (χ2v) is 6.38. The summed E-state index contributed by atoms with van der Waals surface area (Å²) in [6, 6.07) is 18.7. The summed E-state index contributed by atoms with van der Waals surface area (Å²) in [7, 11) is 0. The maximum absolute atomic E-state index is 12.7. The van der Waals surface area contributed by atoms with E-state index in [1.165, 1.54) is 6.20 Å². The van der Waals surface area contributed by atoms with Crippen molar-refractivity contribution in [1.29, 1.82) is 0 Å². The van der Waals surface area contributed by atoms with Crippen LogP contribution in [0.4, 0.5) is 13.2 Å². The second-order valence-electron chi connectivity index (χ2n) is 6.38. The van der Waals surface area contributed by atoms with Crippen LogP contribution >= 0.6 is 0 Å². The average Bonchev–Trinajstić information content (AvgIpc) is 3.23. The van der Waals surface area contributed by atoms with E-state index in [1.54, 1.807) is 30.3 Å². The van der Waals surface area contributed by atoms with Crippen molar-refractivity contribution in [3.63, 3.8) is 0 Å².